The van der Waals surface area contributed by atoms with E-state index in [4.69, 9.17) is 23.7 Å². The first-order chi connectivity index (χ1) is 15.6. The van der Waals surface area contributed by atoms with Crippen LogP contribution < -0.4 is 0 Å². The van der Waals surface area contributed by atoms with Crippen LogP contribution >= 0.6 is 0 Å². The number of ether oxygens (including phenoxy) is 5. The average Bonchev–Trinajstić information content (AvgIpc) is 2.83. The molecule has 32 heavy (non-hydrogen) atoms. The number of carbonyl (C=O) groups excluding carboxylic acids is 1. The predicted octanol–water partition coefficient (Wildman–Crippen LogP) is 3.14. The molecule has 0 amide bonds. The molecule has 0 saturated carbocycles. The third kappa shape index (κ3) is 5.26. The van der Waals surface area contributed by atoms with E-state index in [9.17, 15) is 4.79 Å². The van der Waals surface area contributed by atoms with Crippen molar-refractivity contribution in [3.63, 3.8) is 0 Å². The van der Waals surface area contributed by atoms with Crippen molar-refractivity contribution in [3.05, 3.63) is 71.8 Å². The summed E-state index contributed by atoms with van der Waals surface area (Å²) in [4.78, 5) is 13.3. The van der Waals surface area contributed by atoms with E-state index in [1.807, 2.05) is 48.5 Å². The maximum atomic E-state index is 13.3. The van der Waals surface area contributed by atoms with E-state index in [2.05, 4.69) is 11.8 Å². The Morgan fingerprint density at radius 2 is 1.53 bits per heavy atom. The van der Waals surface area contributed by atoms with E-state index < -0.39 is 30.0 Å². The quantitative estimate of drug-likeness (QED) is 0.466. The Balaban J connectivity index is 2.09. The molecule has 2 aromatic rings. The third-order valence-electron chi connectivity index (χ3n) is 5.65. The van der Waals surface area contributed by atoms with Crippen molar-refractivity contribution in [1.82, 2.24) is 0 Å². The van der Waals surface area contributed by atoms with E-state index in [1.165, 1.54) is 0 Å². The van der Waals surface area contributed by atoms with Crippen LogP contribution in [-0.4, -0.2) is 70.8 Å². The van der Waals surface area contributed by atoms with E-state index >= 15 is 0 Å². The molecule has 3 rings (SSSR count). The number of benzene rings is 2. The van der Waals surface area contributed by atoms with Crippen LogP contribution in [0.1, 0.15) is 22.3 Å². The number of hydrogen-bond donors (Lipinski definition) is 0. The topological polar surface area (TPSA) is 63.2 Å². The van der Waals surface area contributed by atoms with Gasteiger partial charge in [0.2, 0.25) is 0 Å². The van der Waals surface area contributed by atoms with Crippen LogP contribution in [-0.2, 0) is 23.7 Å². The first kappa shape index (κ1) is 24.1. The number of Topliss-reactive ketones (excluding diaryl/α,β-unsaturated/α-hetero) is 1. The molecule has 170 valence electrons. The van der Waals surface area contributed by atoms with Gasteiger partial charge in [0.15, 0.2) is 11.4 Å². The highest BCUT2D eigenvalue weighted by Gasteiger charge is 2.56. The Labute approximate surface area is 189 Å². The van der Waals surface area contributed by atoms with Crippen molar-refractivity contribution in [3.8, 4) is 11.8 Å². The van der Waals surface area contributed by atoms with Crippen molar-refractivity contribution in [2.24, 2.45) is 0 Å². The van der Waals surface area contributed by atoms with E-state index in [1.54, 1.807) is 40.6 Å². The molecular formula is C26H30O6. The van der Waals surface area contributed by atoms with Gasteiger partial charge in [0, 0.05) is 39.6 Å². The fourth-order valence-electron chi connectivity index (χ4n) is 4.17. The summed E-state index contributed by atoms with van der Waals surface area (Å²) in [6, 6.07) is 18.7. The van der Waals surface area contributed by atoms with Crippen molar-refractivity contribution in [1.29, 1.82) is 0 Å². The van der Waals surface area contributed by atoms with E-state index in [-0.39, 0.29) is 18.8 Å². The largest absolute Gasteiger partial charge is 0.382 e. The predicted molar refractivity (Wildman–Crippen MR) is 121 cm³/mol. The van der Waals surface area contributed by atoms with Gasteiger partial charge in [-0.3, -0.25) is 4.79 Å². The fraction of sp³-hybridized carbons (Fsp3) is 0.423. The molecule has 1 saturated heterocycles. The fourth-order valence-corrected chi connectivity index (χ4v) is 4.17. The smallest absolute Gasteiger partial charge is 0.166 e. The molecule has 0 unspecified atom stereocenters. The lowest BCUT2D eigenvalue weighted by molar-refractivity contribution is -0.270. The van der Waals surface area contributed by atoms with E-state index in [0.29, 0.717) is 5.56 Å². The Kier molecular flexibility index (Phi) is 8.57. The molecule has 6 nitrogen and oxygen atoms in total. The van der Waals surface area contributed by atoms with Gasteiger partial charge in [0.25, 0.3) is 0 Å². The first-order valence-electron chi connectivity index (χ1n) is 10.5. The summed E-state index contributed by atoms with van der Waals surface area (Å²) in [6.45, 7) is 0.253. The molecule has 1 aliphatic heterocycles. The van der Waals surface area contributed by atoms with Crippen molar-refractivity contribution >= 4 is 5.78 Å². The molecular weight excluding hydrogens is 408 g/mol. The second-order valence-corrected chi connectivity index (χ2v) is 7.64. The molecule has 5 atom stereocenters. The van der Waals surface area contributed by atoms with Crippen LogP contribution in [0.25, 0.3) is 0 Å². The molecule has 2 aromatic carbocycles. The monoisotopic (exact) mass is 438 g/mol. The summed E-state index contributed by atoms with van der Waals surface area (Å²) in [6.07, 6.45) is -2.16. The maximum Gasteiger partial charge on any atom is 0.166 e. The zero-order valence-corrected chi connectivity index (χ0v) is 18.9. The van der Waals surface area contributed by atoms with E-state index in [0.717, 1.165) is 5.56 Å². The lowest BCUT2D eigenvalue weighted by Crippen LogP contribution is -2.66. The molecule has 0 aliphatic carbocycles. The molecule has 0 radical (unpaired) electrons. The van der Waals surface area contributed by atoms with Gasteiger partial charge in [-0.2, -0.15) is 0 Å². The summed E-state index contributed by atoms with van der Waals surface area (Å²) < 4.78 is 29.3. The number of hydrogen-bond acceptors (Lipinski definition) is 6. The second-order valence-electron chi connectivity index (χ2n) is 7.64. The summed E-state index contributed by atoms with van der Waals surface area (Å²) >= 11 is 0. The molecule has 1 fully saturated rings. The van der Waals surface area contributed by atoms with Crippen LogP contribution in [0.4, 0.5) is 0 Å². The summed E-state index contributed by atoms with van der Waals surface area (Å²) in [5.41, 5.74) is 0.123. The minimum absolute atomic E-state index is 0.00807. The van der Waals surface area contributed by atoms with Crippen molar-refractivity contribution in [2.45, 2.75) is 36.4 Å². The molecule has 1 heterocycles. The summed E-state index contributed by atoms with van der Waals surface area (Å²) in [5, 5.41) is 0. The van der Waals surface area contributed by atoms with Gasteiger partial charge in [0.05, 0.1) is 13.0 Å². The van der Waals surface area contributed by atoms with Gasteiger partial charge < -0.3 is 23.7 Å². The van der Waals surface area contributed by atoms with Gasteiger partial charge >= 0.3 is 0 Å². The zero-order valence-electron chi connectivity index (χ0n) is 18.9. The van der Waals surface area contributed by atoms with Gasteiger partial charge in [-0.15, -0.1) is 0 Å². The minimum atomic E-state index is -1.27. The second kappa shape index (κ2) is 11.4. The van der Waals surface area contributed by atoms with Gasteiger partial charge in [-0.25, -0.2) is 0 Å². The van der Waals surface area contributed by atoms with Crippen molar-refractivity contribution in [2.75, 3.05) is 35.0 Å². The Bertz CT molecular complexity index is 920. The summed E-state index contributed by atoms with van der Waals surface area (Å²) in [7, 11) is 6.33. The Hall–Kier alpha value is -2.53. The van der Waals surface area contributed by atoms with Crippen LogP contribution in [0, 0.1) is 11.8 Å². The SMILES string of the molecule is COC[C@H]1O[C@@](C#Cc2ccccc2)(CC(=O)c2ccccc2)[C@H](OC)[C@@H](OC)[C@@H]1OC. The van der Waals surface area contributed by atoms with Gasteiger partial charge in [-0.1, -0.05) is 60.4 Å². The highest BCUT2D eigenvalue weighted by Crippen LogP contribution is 2.37. The summed E-state index contributed by atoms with van der Waals surface area (Å²) in [5.74, 6) is 6.31. The van der Waals surface area contributed by atoms with Crippen LogP contribution in [0.15, 0.2) is 60.7 Å². The molecule has 0 N–H and O–H groups in total. The number of methoxy groups -OCH3 is 4. The highest BCUT2D eigenvalue weighted by atomic mass is 16.6. The molecule has 0 spiro atoms. The third-order valence-corrected chi connectivity index (χ3v) is 5.65. The molecule has 1 aliphatic rings. The normalized spacial score (nSPS) is 27.4. The van der Waals surface area contributed by atoms with Crippen LogP contribution in [0.2, 0.25) is 0 Å². The average molecular weight is 439 g/mol. The molecule has 0 aromatic heterocycles. The van der Waals surface area contributed by atoms with Crippen LogP contribution in [0.5, 0.6) is 0 Å². The Morgan fingerprint density at radius 1 is 0.906 bits per heavy atom. The van der Waals surface area contributed by atoms with Gasteiger partial charge in [-0.05, 0) is 12.1 Å². The lowest BCUT2D eigenvalue weighted by Gasteiger charge is -2.49. The standard InChI is InChI=1S/C26H30O6/c1-28-18-22-23(29-2)24(30-3)25(31-4)26(32-22,16-15-19-11-7-5-8-12-19)17-21(27)20-13-9-6-10-14-20/h5-14,22-25H,17-18H2,1-4H3/t22-,23-,24+,25-,26+/m1/s1. The van der Waals surface area contributed by atoms with Crippen molar-refractivity contribution < 1.29 is 28.5 Å². The molecule has 0 bridgehead atoms. The zero-order chi connectivity index (χ0) is 23.0. The Morgan fingerprint density at radius 3 is 2.09 bits per heavy atom. The number of ketones is 1. The number of carbonyl (C=O) groups is 1. The number of rotatable bonds is 8. The molecule has 6 heteroatoms. The van der Waals surface area contributed by atoms with Gasteiger partial charge in [0.1, 0.15) is 24.4 Å². The highest BCUT2D eigenvalue weighted by molar-refractivity contribution is 5.97. The lowest BCUT2D eigenvalue weighted by atomic mass is 9.80. The minimum Gasteiger partial charge on any atom is -0.382 e. The maximum absolute atomic E-state index is 13.3. The first-order valence-corrected chi connectivity index (χ1v) is 10.5. The van der Waals surface area contributed by atoms with Crippen LogP contribution in [0.3, 0.4) is 0 Å².